The van der Waals surface area contributed by atoms with Gasteiger partial charge in [0.05, 0.1) is 6.54 Å². The number of carbonyl (C=O) groups is 2. The third-order valence-corrected chi connectivity index (χ3v) is 5.34. The molecule has 0 spiro atoms. The van der Waals surface area contributed by atoms with E-state index in [-0.39, 0.29) is 17.7 Å². The van der Waals surface area contributed by atoms with Gasteiger partial charge in [0.15, 0.2) is 0 Å². The van der Waals surface area contributed by atoms with Crippen LogP contribution in [0.1, 0.15) is 31.7 Å². The number of benzene rings is 1. The number of hydrogen-bond donors (Lipinski definition) is 1. The van der Waals surface area contributed by atoms with Crippen LogP contribution in [-0.4, -0.2) is 54.3 Å². The summed E-state index contributed by atoms with van der Waals surface area (Å²) in [6, 6.07) is 7.93. The van der Waals surface area contributed by atoms with Crippen molar-refractivity contribution in [3.05, 3.63) is 42.0 Å². The molecular formula is C21H29N3O2. The maximum Gasteiger partial charge on any atom is 0.238 e. The van der Waals surface area contributed by atoms with Crippen LogP contribution < -0.4 is 5.32 Å². The summed E-state index contributed by atoms with van der Waals surface area (Å²) in [7, 11) is 0. The molecule has 0 aromatic heterocycles. The number of nitrogens with one attached hydrogen (secondary N) is 1. The highest BCUT2D eigenvalue weighted by atomic mass is 16.2. The molecule has 140 valence electrons. The zero-order valence-corrected chi connectivity index (χ0v) is 15.6. The van der Waals surface area contributed by atoms with E-state index in [0.717, 1.165) is 63.1 Å². The smallest absolute Gasteiger partial charge is 0.238 e. The van der Waals surface area contributed by atoms with Crippen molar-refractivity contribution in [1.82, 2.24) is 9.80 Å². The molecule has 1 fully saturated rings. The second kappa shape index (κ2) is 8.99. The van der Waals surface area contributed by atoms with Gasteiger partial charge in [0.25, 0.3) is 0 Å². The standard InChI is InChI=1S/C21H29N3O2/c1-2-17-8-6-7-11-19(17)22-20(25)16-23-12-14-24(15-13-23)21(26)18-9-4-3-5-10-18/h3-4,6-8,11,18H,2,5,9-10,12-16H2,1H3,(H,22,25). The van der Waals surface area contributed by atoms with Crippen molar-refractivity contribution >= 4 is 17.5 Å². The molecule has 0 radical (unpaired) electrons. The van der Waals surface area contributed by atoms with Crippen LogP contribution in [0.3, 0.4) is 0 Å². The van der Waals surface area contributed by atoms with E-state index in [9.17, 15) is 9.59 Å². The van der Waals surface area contributed by atoms with Crippen molar-refractivity contribution in [3.63, 3.8) is 0 Å². The van der Waals surface area contributed by atoms with E-state index in [4.69, 9.17) is 0 Å². The maximum absolute atomic E-state index is 12.6. The van der Waals surface area contributed by atoms with Crippen molar-refractivity contribution in [3.8, 4) is 0 Å². The van der Waals surface area contributed by atoms with Crippen LogP contribution in [0.15, 0.2) is 36.4 Å². The Hall–Kier alpha value is -2.14. The Bertz CT molecular complexity index is 663. The van der Waals surface area contributed by atoms with E-state index in [1.165, 1.54) is 0 Å². The molecule has 26 heavy (non-hydrogen) atoms. The highest BCUT2D eigenvalue weighted by molar-refractivity contribution is 5.93. The fraction of sp³-hybridized carbons (Fsp3) is 0.524. The number of nitrogens with zero attached hydrogens (tertiary/aromatic N) is 2. The Morgan fingerprint density at radius 1 is 1.12 bits per heavy atom. The van der Waals surface area contributed by atoms with Crippen molar-refractivity contribution in [2.45, 2.75) is 32.6 Å². The predicted molar refractivity (Wildman–Crippen MR) is 104 cm³/mol. The van der Waals surface area contributed by atoms with Gasteiger partial charge in [0, 0.05) is 37.8 Å². The first-order valence-corrected chi connectivity index (χ1v) is 9.71. The SMILES string of the molecule is CCc1ccccc1NC(=O)CN1CCN(C(=O)C2CC=CCC2)CC1. The van der Waals surface area contributed by atoms with Gasteiger partial charge in [0.2, 0.25) is 11.8 Å². The van der Waals surface area contributed by atoms with Gasteiger partial charge in [-0.1, -0.05) is 37.3 Å². The van der Waals surface area contributed by atoms with Crippen LogP contribution in [0.2, 0.25) is 0 Å². The lowest BCUT2D eigenvalue weighted by Gasteiger charge is -2.36. The summed E-state index contributed by atoms with van der Waals surface area (Å²) in [6.07, 6.45) is 8.04. The summed E-state index contributed by atoms with van der Waals surface area (Å²) in [5.74, 6) is 0.457. The Balaban J connectivity index is 1.45. The minimum Gasteiger partial charge on any atom is -0.340 e. The van der Waals surface area contributed by atoms with Crippen LogP contribution in [-0.2, 0) is 16.0 Å². The van der Waals surface area contributed by atoms with Crippen molar-refractivity contribution in [2.75, 3.05) is 38.0 Å². The van der Waals surface area contributed by atoms with Gasteiger partial charge >= 0.3 is 0 Å². The average Bonchev–Trinajstić information content (AvgIpc) is 2.69. The summed E-state index contributed by atoms with van der Waals surface area (Å²) < 4.78 is 0. The molecule has 1 saturated heterocycles. The number of amides is 2. The Kier molecular flexibility index (Phi) is 6.45. The van der Waals surface area contributed by atoms with Crippen molar-refractivity contribution < 1.29 is 9.59 Å². The second-order valence-electron chi connectivity index (χ2n) is 7.14. The van der Waals surface area contributed by atoms with Gasteiger partial charge in [-0.3, -0.25) is 14.5 Å². The molecule has 2 aliphatic rings. The first kappa shape index (κ1) is 18.6. The van der Waals surface area contributed by atoms with Gasteiger partial charge in [-0.2, -0.15) is 0 Å². The first-order chi connectivity index (χ1) is 12.7. The quantitative estimate of drug-likeness (QED) is 0.826. The average molecular weight is 355 g/mol. The normalized spacial score (nSPS) is 20.8. The summed E-state index contributed by atoms with van der Waals surface area (Å²) in [5.41, 5.74) is 2.05. The lowest BCUT2D eigenvalue weighted by atomic mass is 9.93. The highest BCUT2D eigenvalue weighted by Crippen LogP contribution is 2.21. The third-order valence-electron chi connectivity index (χ3n) is 5.34. The maximum atomic E-state index is 12.6. The van der Waals surface area contributed by atoms with Crippen LogP contribution in [0.5, 0.6) is 0 Å². The van der Waals surface area contributed by atoms with Gasteiger partial charge in [-0.05, 0) is 37.3 Å². The third kappa shape index (κ3) is 4.73. The number of piperazine rings is 1. The van der Waals surface area contributed by atoms with Gasteiger partial charge < -0.3 is 10.2 Å². The highest BCUT2D eigenvalue weighted by Gasteiger charge is 2.27. The molecular weight excluding hydrogens is 326 g/mol. The molecule has 1 aliphatic heterocycles. The molecule has 0 bridgehead atoms. The molecule has 1 atom stereocenters. The van der Waals surface area contributed by atoms with E-state index in [2.05, 4.69) is 29.3 Å². The molecule has 5 nitrogen and oxygen atoms in total. The van der Waals surface area contributed by atoms with Crippen LogP contribution in [0.25, 0.3) is 0 Å². The number of carbonyl (C=O) groups excluding carboxylic acids is 2. The van der Waals surface area contributed by atoms with E-state index in [1.54, 1.807) is 0 Å². The van der Waals surface area contributed by atoms with Gasteiger partial charge in [-0.25, -0.2) is 0 Å². The number of anilines is 1. The molecule has 1 aromatic rings. The molecule has 3 rings (SSSR count). The van der Waals surface area contributed by atoms with Gasteiger partial charge in [-0.15, -0.1) is 0 Å². The fourth-order valence-corrected chi connectivity index (χ4v) is 3.75. The Morgan fingerprint density at radius 3 is 2.58 bits per heavy atom. The van der Waals surface area contributed by atoms with E-state index in [0.29, 0.717) is 6.54 Å². The molecule has 1 aromatic carbocycles. The number of aryl methyl sites for hydroxylation is 1. The lowest BCUT2D eigenvalue weighted by Crippen LogP contribution is -2.51. The predicted octanol–water partition coefficient (Wildman–Crippen LogP) is 2.69. The largest absolute Gasteiger partial charge is 0.340 e. The minimum atomic E-state index is 0.0168. The summed E-state index contributed by atoms with van der Waals surface area (Å²) in [6.45, 7) is 5.43. The number of hydrogen-bond acceptors (Lipinski definition) is 3. The molecule has 1 unspecified atom stereocenters. The second-order valence-corrected chi connectivity index (χ2v) is 7.14. The molecule has 2 amide bonds. The molecule has 1 N–H and O–H groups in total. The Morgan fingerprint density at radius 2 is 1.88 bits per heavy atom. The summed E-state index contributed by atoms with van der Waals surface area (Å²) in [5, 5.41) is 3.03. The molecule has 0 saturated carbocycles. The first-order valence-electron chi connectivity index (χ1n) is 9.71. The van der Waals surface area contributed by atoms with E-state index >= 15 is 0 Å². The topological polar surface area (TPSA) is 52.7 Å². The van der Waals surface area contributed by atoms with Gasteiger partial charge in [0.1, 0.15) is 0 Å². The van der Waals surface area contributed by atoms with Crippen LogP contribution in [0.4, 0.5) is 5.69 Å². The number of allylic oxidation sites excluding steroid dienone is 2. The number of para-hydroxylation sites is 1. The molecule has 1 aliphatic carbocycles. The summed E-state index contributed by atoms with van der Waals surface area (Å²) in [4.78, 5) is 29.1. The molecule has 5 heteroatoms. The van der Waals surface area contributed by atoms with Crippen molar-refractivity contribution in [2.24, 2.45) is 5.92 Å². The Labute approximate surface area is 156 Å². The van der Waals surface area contributed by atoms with Crippen LogP contribution in [0, 0.1) is 5.92 Å². The monoisotopic (exact) mass is 355 g/mol. The van der Waals surface area contributed by atoms with E-state index in [1.807, 2.05) is 29.2 Å². The summed E-state index contributed by atoms with van der Waals surface area (Å²) >= 11 is 0. The number of rotatable bonds is 5. The van der Waals surface area contributed by atoms with Crippen molar-refractivity contribution in [1.29, 1.82) is 0 Å². The zero-order chi connectivity index (χ0) is 18.4. The van der Waals surface area contributed by atoms with Crippen LogP contribution >= 0.6 is 0 Å². The van der Waals surface area contributed by atoms with E-state index < -0.39 is 0 Å². The minimum absolute atomic E-state index is 0.0168. The zero-order valence-electron chi connectivity index (χ0n) is 15.6. The fourth-order valence-electron chi connectivity index (χ4n) is 3.75. The lowest BCUT2D eigenvalue weighted by molar-refractivity contribution is -0.137. The molecule has 1 heterocycles.